The Morgan fingerprint density at radius 2 is 0.556 bits per heavy atom. The highest BCUT2D eigenvalue weighted by atomic mass is 16.6. The largest absolute Gasteiger partial charge is 0.462 e. The number of unbranched alkanes of at least 4 members (excludes halogenated alkanes) is 27. The van der Waals surface area contributed by atoms with Gasteiger partial charge in [-0.2, -0.15) is 0 Å². The maximum Gasteiger partial charge on any atom is 0.306 e. The summed E-state index contributed by atoms with van der Waals surface area (Å²) in [4.78, 5) is 38.2. The normalized spacial score (nSPS) is 12.8. The molecule has 72 heavy (non-hydrogen) atoms. The van der Waals surface area contributed by atoms with Gasteiger partial charge in [-0.3, -0.25) is 14.4 Å². The molecule has 0 aliphatic rings. The van der Waals surface area contributed by atoms with E-state index in [4.69, 9.17) is 14.2 Å². The third-order valence-electron chi connectivity index (χ3n) is 12.8. The number of hydrogen-bond acceptors (Lipinski definition) is 6. The van der Waals surface area contributed by atoms with Crippen molar-refractivity contribution < 1.29 is 28.6 Å². The quantitative estimate of drug-likeness (QED) is 0.0261. The summed E-state index contributed by atoms with van der Waals surface area (Å²) in [6.07, 6.45) is 79.8. The fraction of sp³-hybridized carbons (Fsp3) is 0.712. The van der Waals surface area contributed by atoms with Crippen molar-refractivity contribution in [3.05, 3.63) is 97.2 Å². The van der Waals surface area contributed by atoms with Gasteiger partial charge in [0.15, 0.2) is 6.10 Å². The van der Waals surface area contributed by atoms with Crippen LogP contribution in [0.2, 0.25) is 0 Å². The zero-order chi connectivity index (χ0) is 52.2. The molecule has 1 unspecified atom stereocenters. The number of ether oxygens (including phenoxy) is 3. The first-order valence-corrected chi connectivity index (χ1v) is 30.2. The first kappa shape index (κ1) is 68.3. The topological polar surface area (TPSA) is 78.9 Å². The molecule has 0 aromatic carbocycles. The number of carbonyl (C=O) groups is 3. The fourth-order valence-electron chi connectivity index (χ4n) is 8.31. The highest BCUT2D eigenvalue weighted by Crippen LogP contribution is 2.16. The van der Waals surface area contributed by atoms with Gasteiger partial charge in [-0.15, -0.1) is 0 Å². The Balaban J connectivity index is 4.50. The van der Waals surface area contributed by atoms with Crippen LogP contribution in [0, 0.1) is 0 Å². The Labute approximate surface area is 445 Å². The second kappa shape index (κ2) is 59.9. The fourth-order valence-corrected chi connectivity index (χ4v) is 8.31. The lowest BCUT2D eigenvalue weighted by molar-refractivity contribution is -0.167. The molecule has 6 heteroatoms. The van der Waals surface area contributed by atoms with Crippen LogP contribution in [0.5, 0.6) is 0 Å². The van der Waals surface area contributed by atoms with Crippen LogP contribution in [0.4, 0.5) is 0 Å². The first-order chi connectivity index (χ1) is 35.5. The van der Waals surface area contributed by atoms with E-state index in [1.165, 1.54) is 141 Å². The SMILES string of the molecule is CC/C=C\C/C=C\C/C=C\C/C=C\C/C=C\CCCCCC(=O)OCC(COC(=O)CCC/C=C\C/C=C\C/C=C\CCCCCCCC)OC(=O)CCCCCCCCCCCCCCCCCCCC. The lowest BCUT2D eigenvalue weighted by atomic mass is 10.0. The Morgan fingerprint density at radius 1 is 0.292 bits per heavy atom. The number of hydrogen-bond donors (Lipinski definition) is 0. The average Bonchev–Trinajstić information content (AvgIpc) is 3.38. The van der Waals surface area contributed by atoms with Crippen LogP contribution in [0.15, 0.2) is 97.2 Å². The predicted molar refractivity (Wildman–Crippen MR) is 311 cm³/mol. The van der Waals surface area contributed by atoms with Gasteiger partial charge in [0, 0.05) is 19.3 Å². The van der Waals surface area contributed by atoms with Gasteiger partial charge >= 0.3 is 17.9 Å². The zero-order valence-corrected chi connectivity index (χ0v) is 47.2. The standard InChI is InChI=1S/C66H112O6/c1-4-7-10-13-16-19-22-25-28-31-33-36-38-41-44-47-50-53-56-59-65(68)71-62-63(61-70-64(67)58-55-52-49-46-43-40-37-34-30-27-24-21-18-15-12-9-6-3)72-66(69)60-57-54-51-48-45-42-39-35-32-29-26-23-20-17-14-11-8-5-2/h7,10,16,19,25,27-28,30,33,36-37,40-41,44,46,49,63H,4-6,8-9,11-15,17-18,20-24,26,29,31-32,34-35,38-39,42-43,45,47-48,50-62H2,1-3H3/b10-7-,19-16-,28-25-,30-27-,36-33-,40-37-,44-41-,49-46-. The minimum absolute atomic E-state index is 0.109. The van der Waals surface area contributed by atoms with Crippen molar-refractivity contribution in [1.82, 2.24) is 0 Å². The van der Waals surface area contributed by atoms with Crippen molar-refractivity contribution in [2.75, 3.05) is 13.2 Å². The summed E-state index contributed by atoms with van der Waals surface area (Å²) in [6.45, 7) is 6.47. The number of allylic oxidation sites excluding steroid dienone is 16. The summed E-state index contributed by atoms with van der Waals surface area (Å²) in [6, 6.07) is 0. The second-order valence-electron chi connectivity index (χ2n) is 19.9. The van der Waals surface area contributed by atoms with Gasteiger partial charge in [-0.05, 0) is 96.3 Å². The molecule has 0 N–H and O–H groups in total. The maximum atomic E-state index is 12.9. The van der Waals surface area contributed by atoms with Gasteiger partial charge in [0.25, 0.3) is 0 Å². The molecule has 0 fully saturated rings. The number of carbonyl (C=O) groups excluding carboxylic acids is 3. The summed E-state index contributed by atoms with van der Waals surface area (Å²) < 4.78 is 16.8. The molecule has 0 aliphatic heterocycles. The van der Waals surface area contributed by atoms with Crippen molar-refractivity contribution in [3.8, 4) is 0 Å². The van der Waals surface area contributed by atoms with E-state index in [2.05, 4.69) is 118 Å². The van der Waals surface area contributed by atoms with Crippen LogP contribution in [-0.4, -0.2) is 37.2 Å². The summed E-state index contributed by atoms with van der Waals surface area (Å²) in [7, 11) is 0. The Morgan fingerprint density at radius 3 is 0.917 bits per heavy atom. The molecule has 0 heterocycles. The first-order valence-electron chi connectivity index (χ1n) is 30.2. The molecule has 412 valence electrons. The van der Waals surface area contributed by atoms with Gasteiger partial charge in [-0.1, -0.05) is 266 Å². The van der Waals surface area contributed by atoms with Crippen LogP contribution >= 0.6 is 0 Å². The summed E-state index contributed by atoms with van der Waals surface area (Å²) in [5.74, 6) is -0.983. The number of esters is 3. The molecule has 0 radical (unpaired) electrons. The molecule has 6 nitrogen and oxygen atoms in total. The molecule has 0 saturated heterocycles. The lowest BCUT2D eigenvalue weighted by Crippen LogP contribution is -2.30. The van der Waals surface area contributed by atoms with Crippen molar-refractivity contribution in [2.24, 2.45) is 0 Å². The average molecular weight is 1000 g/mol. The molecule has 0 saturated carbocycles. The van der Waals surface area contributed by atoms with Crippen molar-refractivity contribution in [3.63, 3.8) is 0 Å². The third kappa shape index (κ3) is 57.2. The van der Waals surface area contributed by atoms with Crippen molar-refractivity contribution in [2.45, 2.75) is 290 Å². The smallest absolute Gasteiger partial charge is 0.306 e. The van der Waals surface area contributed by atoms with Crippen LogP contribution < -0.4 is 0 Å². The molecule has 0 bridgehead atoms. The Bertz CT molecular complexity index is 1430. The molecule has 1 atom stereocenters. The van der Waals surface area contributed by atoms with Gasteiger partial charge in [0.2, 0.25) is 0 Å². The molecule has 0 aliphatic carbocycles. The third-order valence-corrected chi connectivity index (χ3v) is 12.8. The monoisotopic (exact) mass is 1000 g/mol. The molecule has 0 aromatic rings. The van der Waals surface area contributed by atoms with Gasteiger partial charge in [-0.25, -0.2) is 0 Å². The maximum absolute atomic E-state index is 12.9. The summed E-state index contributed by atoms with van der Waals surface area (Å²) >= 11 is 0. The lowest BCUT2D eigenvalue weighted by Gasteiger charge is -2.18. The van der Waals surface area contributed by atoms with Gasteiger partial charge in [0.1, 0.15) is 13.2 Å². The molecular weight excluding hydrogens is 889 g/mol. The van der Waals surface area contributed by atoms with Crippen LogP contribution in [0.3, 0.4) is 0 Å². The highest BCUT2D eigenvalue weighted by Gasteiger charge is 2.19. The van der Waals surface area contributed by atoms with E-state index in [1.54, 1.807) is 0 Å². The zero-order valence-electron chi connectivity index (χ0n) is 47.2. The molecular formula is C66H112O6. The van der Waals surface area contributed by atoms with E-state index < -0.39 is 6.10 Å². The molecule has 0 rings (SSSR count). The van der Waals surface area contributed by atoms with Crippen LogP contribution in [0.1, 0.15) is 284 Å². The van der Waals surface area contributed by atoms with Gasteiger partial charge < -0.3 is 14.2 Å². The molecule has 0 amide bonds. The van der Waals surface area contributed by atoms with E-state index in [0.717, 1.165) is 96.3 Å². The van der Waals surface area contributed by atoms with E-state index in [-0.39, 0.29) is 37.5 Å². The minimum Gasteiger partial charge on any atom is -0.462 e. The Hall–Kier alpha value is -3.67. The highest BCUT2D eigenvalue weighted by molar-refractivity contribution is 5.71. The molecule has 0 aromatic heterocycles. The van der Waals surface area contributed by atoms with Gasteiger partial charge in [0.05, 0.1) is 0 Å². The van der Waals surface area contributed by atoms with E-state index in [9.17, 15) is 14.4 Å². The van der Waals surface area contributed by atoms with Crippen LogP contribution in [0.25, 0.3) is 0 Å². The van der Waals surface area contributed by atoms with E-state index >= 15 is 0 Å². The van der Waals surface area contributed by atoms with E-state index in [1.807, 2.05) is 0 Å². The van der Waals surface area contributed by atoms with Crippen LogP contribution in [-0.2, 0) is 28.6 Å². The minimum atomic E-state index is -0.812. The second-order valence-corrected chi connectivity index (χ2v) is 19.9. The molecule has 0 spiro atoms. The Kier molecular flexibility index (Phi) is 56.8. The van der Waals surface area contributed by atoms with E-state index in [0.29, 0.717) is 19.3 Å². The predicted octanol–water partition coefficient (Wildman–Crippen LogP) is 20.5. The summed E-state index contributed by atoms with van der Waals surface area (Å²) in [5, 5.41) is 0. The summed E-state index contributed by atoms with van der Waals surface area (Å²) in [5.41, 5.74) is 0. The van der Waals surface area contributed by atoms with Crippen molar-refractivity contribution >= 4 is 17.9 Å². The van der Waals surface area contributed by atoms with Crippen molar-refractivity contribution in [1.29, 1.82) is 0 Å². The number of rotatable bonds is 54.